The first-order valence-corrected chi connectivity index (χ1v) is 5.74. The maximum absolute atomic E-state index is 9.38. The van der Waals surface area contributed by atoms with Crippen LogP contribution in [0.3, 0.4) is 0 Å². The van der Waals surface area contributed by atoms with E-state index in [0.29, 0.717) is 0 Å². The van der Waals surface area contributed by atoms with Crippen LogP contribution in [0.25, 0.3) is 0 Å². The summed E-state index contributed by atoms with van der Waals surface area (Å²) in [6, 6.07) is 7.03. The fraction of sp³-hybridized carbons (Fsp3) is 0.538. The second-order valence-corrected chi connectivity index (χ2v) is 4.85. The first-order chi connectivity index (χ1) is 7.57. The number of benzene rings is 1. The van der Waals surface area contributed by atoms with E-state index in [2.05, 4.69) is 18.9 Å². The monoisotopic (exact) mass is 221 g/mol. The van der Waals surface area contributed by atoms with Crippen molar-refractivity contribution in [2.45, 2.75) is 25.4 Å². The van der Waals surface area contributed by atoms with E-state index in [1.54, 1.807) is 12.1 Å². The Morgan fingerprint density at radius 2 is 2.00 bits per heavy atom. The molecule has 1 aliphatic rings. The van der Waals surface area contributed by atoms with Crippen LogP contribution < -0.4 is 4.74 Å². The topological polar surface area (TPSA) is 32.7 Å². The van der Waals surface area contributed by atoms with Gasteiger partial charge in [-0.3, -0.25) is 0 Å². The van der Waals surface area contributed by atoms with Crippen molar-refractivity contribution in [1.82, 2.24) is 4.90 Å². The van der Waals surface area contributed by atoms with E-state index in [1.165, 1.54) is 0 Å². The number of phenols is 1. The molecule has 1 saturated heterocycles. The highest BCUT2D eigenvalue weighted by Gasteiger charge is 2.30. The molecule has 0 bridgehead atoms. The summed E-state index contributed by atoms with van der Waals surface area (Å²) in [6.45, 7) is 4.27. The van der Waals surface area contributed by atoms with Gasteiger partial charge < -0.3 is 14.7 Å². The van der Waals surface area contributed by atoms with Crippen LogP contribution in [0.5, 0.6) is 11.5 Å². The van der Waals surface area contributed by atoms with Gasteiger partial charge in [0.2, 0.25) is 0 Å². The molecule has 0 atom stereocenters. The van der Waals surface area contributed by atoms with E-state index in [1.807, 2.05) is 12.1 Å². The van der Waals surface area contributed by atoms with Gasteiger partial charge in [-0.2, -0.15) is 0 Å². The zero-order chi connectivity index (χ0) is 11.6. The minimum absolute atomic E-state index is 0.0969. The van der Waals surface area contributed by atoms with Gasteiger partial charge in [0.15, 0.2) is 0 Å². The smallest absolute Gasteiger partial charge is 0.123 e. The van der Waals surface area contributed by atoms with E-state index < -0.39 is 0 Å². The third-order valence-corrected chi connectivity index (χ3v) is 3.23. The summed E-state index contributed by atoms with van der Waals surface area (Å²) < 4.78 is 5.99. The molecule has 0 amide bonds. The largest absolute Gasteiger partial charge is 0.508 e. The van der Waals surface area contributed by atoms with Crippen molar-refractivity contribution < 1.29 is 9.84 Å². The third kappa shape index (κ3) is 2.67. The zero-order valence-electron chi connectivity index (χ0n) is 9.94. The standard InChI is InChI=1S/C13H19NO2/c1-13(6-8-14(2)9-7-13)16-12-5-3-4-11(15)10-12/h3-5,10,15H,6-9H2,1-2H3. The van der Waals surface area contributed by atoms with Crippen LogP contribution in [0.15, 0.2) is 24.3 Å². The lowest BCUT2D eigenvalue weighted by molar-refractivity contribution is 0.0239. The van der Waals surface area contributed by atoms with Crippen LogP contribution in [0.1, 0.15) is 19.8 Å². The van der Waals surface area contributed by atoms with E-state index in [4.69, 9.17) is 4.74 Å². The Labute approximate surface area is 96.6 Å². The summed E-state index contributed by atoms with van der Waals surface area (Å²) in [5.74, 6) is 1.01. The molecule has 1 heterocycles. The molecule has 0 unspecified atom stereocenters. The Morgan fingerprint density at radius 3 is 2.62 bits per heavy atom. The molecule has 16 heavy (non-hydrogen) atoms. The molecule has 1 N–H and O–H groups in total. The van der Waals surface area contributed by atoms with Crippen molar-refractivity contribution in [1.29, 1.82) is 0 Å². The second-order valence-electron chi connectivity index (χ2n) is 4.85. The van der Waals surface area contributed by atoms with Crippen molar-refractivity contribution in [2.24, 2.45) is 0 Å². The van der Waals surface area contributed by atoms with Crippen molar-refractivity contribution in [2.75, 3.05) is 20.1 Å². The maximum Gasteiger partial charge on any atom is 0.123 e. The molecule has 3 nitrogen and oxygen atoms in total. The highest BCUT2D eigenvalue weighted by molar-refractivity contribution is 5.32. The summed E-state index contributed by atoms with van der Waals surface area (Å²) in [4.78, 5) is 2.31. The Morgan fingerprint density at radius 1 is 1.31 bits per heavy atom. The van der Waals surface area contributed by atoms with Crippen LogP contribution in [-0.2, 0) is 0 Å². The van der Waals surface area contributed by atoms with Gasteiger partial charge in [0.1, 0.15) is 17.1 Å². The van der Waals surface area contributed by atoms with Crippen LogP contribution >= 0.6 is 0 Å². The molecular formula is C13H19NO2. The lowest BCUT2D eigenvalue weighted by Gasteiger charge is -2.38. The zero-order valence-corrected chi connectivity index (χ0v) is 9.94. The van der Waals surface area contributed by atoms with Crippen LogP contribution in [0.2, 0.25) is 0 Å². The molecular weight excluding hydrogens is 202 g/mol. The number of piperidine rings is 1. The van der Waals surface area contributed by atoms with E-state index in [-0.39, 0.29) is 11.4 Å². The van der Waals surface area contributed by atoms with Gasteiger partial charge in [-0.05, 0) is 38.9 Å². The van der Waals surface area contributed by atoms with Crippen LogP contribution in [0.4, 0.5) is 0 Å². The Balaban J connectivity index is 2.03. The van der Waals surface area contributed by atoms with Gasteiger partial charge >= 0.3 is 0 Å². The Kier molecular flexibility index (Phi) is 3.06. The van der Waals surface area contributed by atoms with Gasteiger partial charge in [0.25, 0.3) is 0 Å². The third-order valence-electron chi connectivity index (χ3n) is 3.23. The predicted octanol–water partition coefficient (Wildman–Crippen LogP) is 2.26. The molecule has 1 aromatic carbocycles. The van der Waals surface area contributed by atoms with Gasteiger partial charge in [-0.1, -0.05) is 6.07 Å². The number of ether oxygens (including phenoxy) is 1. The lowest BCUT2D eigenvalue weighted by atomic mass is 9.93. The molecule has 0 spiro atoms. The van der Waals surface area contributed by atoms with Gasteiger partial charge in [0, 0.05) is 19.2 Å². The average Bonchev–Trinajstić information content (AvgIpc) is 2.23. The molecule has 1 fully saturated rings. The summed E-state index contributed by atoms with van der Waals surface area (Å²) >= 11 is 0. The van der Waals surface area contributed by atoms with Crippen LogP contribution in [0, 0.1) is 0 Å². The fourth-order valence-electron chi connectivity index (χ4n) is 2.03. The number of rotatable bonds is 2. The van der Waals surface area contributed by atoms with Gasteiger partial charge in [-0.15, -0.1) is 0 Å². The summed E-state index contributed by atoms with van der Waals surface area (Å²) in [7, 11) is 2.13. The molecule has 2 rings (SSSR count). The summed E-state index contributed by atoms with van der Waals surface area (Å²) in [5, 5.41) is 9.38. The molecule has 1 aliphatic heterocycles. The highest BCUT2D eigenvalue weighted by atomic mass is 16.5. The van der Waals surface area contributed by atoms with Crippen molar-refractivity contribution in [3.63, 3.8) is 0 Å². The second kappa shape index (κ2) is 4.34. The quantitative estimate of drug-likeness (QED) is 0.831. The van der Waals surface area contributed by atoms with Crippen molar-refractivity contribution in [3.05, 3.63) is 24.3 Å². The molecule has 3 heteroatoms. The molecule has 0 aromatic heterocycles. The molecule has 1 aromatic rings. The number of nitrogens with zero attached hydrogens (tertiary/aromatic N) is 1. The lowest BCUT2D eigenvalue weighted by Crippen LogP contribution is -2.44. The SMILES string of the molecule is CN1CCC(C)(Oc2cccc(O)c2)CC1. The Bertz CT molecular complexity index is 357. The number of likely N-dealkylation sites (tertiary alicyclic amines) is 1. The molecule has 0 aliphatic carbocycles. The number of aromatic hydroxyl groups is 1. The Hall–Kier alpha value is -1.22. The number of hydrogen-bond donors (Lipinski definition) is 1. The molecule has 0 saturated carbocycles. The minimum Gasteiger partial charge on any atom is -0.508 e. The van der Waals surface area contributed by atoms with E-state index >= 15 is 0 Å². The van der Waals surface area contributed by atoms with Crippen LogP contribution in [-0.4, -0.2) is 35.7 Å². The van der Waals surface area contributed by atoms with E-state index in [9.17, 15) is 5.11 Å². The molecule has 88 valence electrons. The molecule has 0 radical (unpaired) electrons. The number of hydrogen-bond acceptors (Lipinski definition) is 3. The minimum atomic E-state index is -0.0969. The van der Waals surface area contributed by atoms with Crippen molar-refractivity contribution in [3.8, 4) is 11.5 Å². The van der Waals surface area contributed by atoms with Gasteiger partial charge in [-0.25, -0.2) is 0 Å². The summed E-state index contributed by atoms with van der Waals surface area (Å²) in [5.41, 5.74) is -0.0969. The average molecular weight is 221 g/mol. The normalized spacial score (nSPS) is 20.6. The fourth-order valence-corrected chi connectivity index (χ4v) is 2.03. The highest BCUT2D eigenvalue weighted by Crippen LogP contribution is 2.29. The van der Waals surface area contributed by atoms with Gasteiger partial charge in [0.05, 0.1) is 0 Å². The summed E-state index contributed by atoms with van der Waals surface area (Å²) in [6.07, 6.45) is 2.05. The van der Waals surface area contributed by atoms with E-state index in [0.717, 1.165) is 31.7 Å². The first kappa shape index (κ1) is 11.3. The predicted molar refractivity (Wildman–Crippen MR) is 63.9 cm³/mol. The first-order valence-electron chi connectivity index (χ1n) is 5.74. The number of phenolic OH excluding ortho intramolecular Hbond substituents is 1. The maximum atomic E-state index is 9.38. The van der Waals surface area contributed by atoms with Crippen molar-refractivity contribution >= 4 is 0 Å².